The fraction of sp³-hybridized carbons (Fsp3) is 0.357. The van der Waals surface area contributed by atoms with Crippen LogP contribution >= 0.6 is 0 Å². The van der Waals surface area contributed by atoms with Gasteiger partial charge in [0.1, 0.15) is 12.3 Å². The standard InChI is InChI=1S/C28H33N3O4/c1-17-9-8-10-18(2)24(17)31-28(35)29-23-16-21-14-7-6-13-20(21)15-22(23)26(32)30-25(27(33)34)19-11-4-3-5-12-19/h6-10,13-16,19,25-26,30,32H,3-5,11-12H2,1-2H3,(H,33,34)(H2,29,31,35)/t25-,26?/m0/s1. The first-order valence-corrected chi connectivity index (χ1v) is 12.2. The number of rotatable bonds is 7. The van der Waals surface area contributed by atoms with Gasteiger partial charge in [0.15, 0.2) is 0 Å². The van der Waals surface area contributed by atoms with Gasteiger partial charge >= 0.3 is 12.0 Å². The number of benzene rings is 3. The summed E-state index contributed by atoms with van der Waals surface area (Å²) in [4.78, 5) is 25.0. The number of fused-ring (bicyclic) bond motifs is 1. The molecule has 0 saturated heterocycles. The Morgan fingerprint density at radius 2 is 1.51 bits per heavy atom. The second-order valence-corrected chi connectivity index (χ2v) is 9.42. The third-order valence-corrected chi connectivity index (χ3v) is 6.91. The first-order chi connectivity index (χ1) is 16.8. The van der Waals surface area contributed by atoms with Gasteiger partial charge in [-0.15, -0.1) is 0 Å². The molecule has 0 bridgehead atoms. The number of nitrogens with one attached hydrogen (secondary N) is 3. The molecule has 3 aromatic rings. The smallest absolute Gasteiger partial charge is 0.323 e. The van der Waals surface area contributed by atoms with E-state index in [2.05, 4.69) is 16.0 Å². The first-order valence-electron chi connectivity index (χ1n) is 12.2. The van der Waals surface area contributed by atoms with Gasteiger partial charge in [0.2, 0.25) is 0 Å². The number of carboxylic acid groups (broad SMARTS) is 1. The molecule has 0 heterocycles. The molecule has 7 heteroatoms. The highest BCUT2D eigenvalue weighted by molar-refractivity contribution is 6.02. The minimum Gasteiger partial charge on any atom is -0.480 e. The number of amides is 2. The van der Waals surface area contributed by atoms with Crippen molar-refractivity contribution in [1.29, 1.82) is 0 Å². The minimum absolute atomic E-state index is 0.0416. The SMILES string of the molecule is Cc1cccc(C)c1NC(=O)Nc1cc2ccccc2cc1C(O)N[C@H](C(=O)O)C1CCCCC1. The van der Waals surface area contributed by atoms with Crippen LogP contribution in [0.15, 0.2) is 54.6 Å². The highest BCUT2D eigenvalue weighted by Crippen LogP contribution is 2.31. The number of anilines is 2. The van der Waals surface area contributed by atoms with Gasteiger partial charge in [-0.3, -0.25) is 10.1 Å². The molecule has 1 unspecified atom stereocenters. The van der Waals surface area contributed by atoms with Crippen LogP contribution in [-0.2, 0) is 4.79 Å². The largest absolute Gasteiger partial charge is 0.480 e. The molecule has 1 fully saturated rings. The van der Waals surface area contributed by atoms with Crippen molar-refractivity contribution in [2.45, 2.75) is 58.2 Å². The summed E-state index contributed by atoms with van der Waals surface area (Å²) in [7, 11) is 0. The van der Waals surface area contributed by atoms with Gasteiger partial charge in [-0.2, -0.15) is 0 Å². The van der Waals surface area contributed by atoms with E-state index in [4.69, 9.17) is 0 Å². The van der Waals surface area contributed by atoms with Crippen LogP contribution in [0.5, 0.6) is 0 Å². The van der Waals surface area contributed by atoms with Gasteiger partial charge in [0.05, 0.1) is 5.69 Å². The van der Waals surface area contributed by atoms with Crippen LogP contribution in [0.3, 0.4) is 0 Å². The molecule has 3 aromatic carbocycles. The number of aryl methyl sites for hydroxylation is 2. The molecule has 1 saturated carbocycles. The average Bonchev–Trinajstić information content (AvgIpc) is 2.84. The molecule has 0 radical (unpaired) electrons. The van der Waals surface area contributed by atoms with Gasteiger partial charge in [-0.1, -0.05) is 61.7 Å². The summed E-state index contributed by atoms with van der Waals surface area (Å²) in [6, 6.07) is 15.7. The van der Waals surface area contributed by atoms with E-state index in [1.165, 1.54) is 0 Å². The van der Waals surface area contributed by atoms with E-state index >= 15 is 0 Å². The second kappa shape index (κ2) is 10.9. The predicted octanol–water partition coefficient (Wildman–Crippen LogP) is 5.71. The number of hydrogen-bond acceptors (Lipinski definition) is 4. The van der Waals surface area contributed by atoms with E-state index in [0.717, 1.165) is 59.7 Å². The second-order valence-electron chi connectivity index (χ2n) is 9.42. The summed E-state index contributed by atoms with van der Waals surface area (Å²) < 4.78 is 0. The zero-order valence-corrected chi connectivity index (χ0v) is 20.2. The van der Waals surface area contributed by atoms with Crippen LogP contribution < -0.4 is 16.0 Å². The lowest BCUT2D eigenvalue weighted by Gasteiger charge is -2.30. The van der Waals surface area contributed by atoms with Crippen LogP contribution in [0.4, 0.5) is 16.2 Å². The number of aliphatic carboxylic acids is 1. The van der Waals surface area contributed by atoms with E-state index in [1.807, 2.05) is 56.3 Å². The van der Waals surface area contributed by atoms with E-state index in [9.17, 15) is 19.8 Å². The summed E-state index contributed by atoms with van der Waals surface area (Å²) in [5, 5.41) is 31.5. The molecular formula is C28H33N3O4. The number of para-hydroxylation sites is 1. The van der Waals surface area contributed by atoms with E-state index < -0.39 is 24.3 Å². The lowest BCUT2D eigenvalue weighted by atomic mass is 9.83. The molecule has 0 spiro atoms. The lowest BCUT2D eigenvalue weighted by molar-refractivity contribution is -0.142. The maximum Gasteiger partial charge on any atom is 0.323 e. The molecule has 7 nitrogen and oxygen atoms in total. The molecule has 2 atom stereocenters. The van der Waals surface area contributed by atoms with Crippen molar-refractivity contribution in [1.82, 2.24) is 5.32 Å². The number of carbonyl (C=O) groups is 2. The van der Waals surface area contributed by atoms with Crippen LogP contribution in [-0.4, -0.2) is 28.3 Å². The summed E-state index contributed by atoms with van der Waals surface area (Å²) >= 11 is 0. The van der Waals surface area contributed by atoms with Crippen LogP contribution in [0.1, 0.15) is 55.0 Å². The van der Waals surface area contributed by atoms with Crippen LogP contribution in [0.2, 0.25) is 0 Å². The van der Waals surface area contributed by atoms with Crippen molar-refractivity contribution < 1.29 is 19.8 Å². The normalized spacial score (nSPS) is 16.0. The van der Waals surface area contributed by atoms with Crippen molar-refractivity contribution in [2.24, 2.45) is 5.92 Å². The predicted molar refractivity (Wildman–Crippen MR) is 139 cm³/mol. The Kier molecular flexibility index (Phi) is 7.68. The number of carbonyl (C=O) groups excluding carboxylic acids is 1. The maximum absolute atomic E-state index is 13.0. The Bertz CT molecular complexity index is 1200. The van der Waals surface area contributed by atoms with Crippen molar-refractivity contribution >= 4 is 34.1 Å². The van der Waals surface area contributed by atoms with Gasteiger partial charge in [-0.25, -0.2) is 4.79 Å². The van der Waals surface area contributed by atoms with Crippen molar-refractivity contribution in [3.63, 3.8) is 0 Å². The monoisotopic (exact) mass is 475 g/mol. The lowest BCUT2D eigenvalue weighted by Crippen LogP contribution is -2.45. The van der Waals surface area contributed by atoms with Gasteiger partial charge in [0, 0.05) is 11.3 Å². The fourth-order valence-corrected chi connectivity index (χ4v) is 5.01. The molecule has 0 aromatic heterocycles. The van der Waals surface area contributed by atoms with Crippen molar-refractivity contribution in [2.75, 3.05) is 10.6 Å². The molecule has 184 valence electrons. The summed E-state index contributed by atoms with van der Waals surface area (Å²) in [6.45, 7) is 3.85. The Morgan fingerprint density at radius 1 is 0.886 bits per heavy atom. The zero-order chi connectivity index (χ0) is 24.9. The maximum atomic E-state index is 13.0. The van der Waals surface area contributed by atoms with Crippen molar-refractivity contribution in [3.8, 4) is 0 Å². The Morgan fingerprint density at radius 3 is 2.14 bits per heavy atom. The molecule has 5 N–H and O–H groups in total. The number of aliphatic hydroxyl groups is 1. The Balaban J connectivity index is 1.62. The Hall–Kier alpha value is -3.42. The summed E-state index contributed by atoms with van der Waals surface area (Å²) in [5.74, 6) is -1.01. The quantitative estimate of drug-likeness (QED) is 0.281. The number of urea groups is 1. The minimum atomic E-state index is -1.27. The van der Waals surface area contributed by atoms with E-state index in [1.54, 1.807) is 12.1 Å². The first kappa shape index (κ1) is 24.7. The molecule has 1 aliphatic rings. The highest BCUT2D eigenvalue weighted by Gasteiger charge is 2.31. The van der Waals surface area contributed by atoms with E-state index in [-0.39, 0.29) is 5.92 Å². The number of hydrogen-bond donors (Lipinski definition) is 5. The number of carboxylic acids is 1. The summed E-state index contributed by atoms with van der Waals surface area (Å²) in [6.07, 6.45) is 3.47. The van der Waals surface area contributed by atoms with Crippen molar-refractivity contribution in [3.05, 3.63) is 71.3 Å². The molecule has 4 rings (SSSR count). The van der Waals surface area contributed by atoms with Crippen LogP contribution in [0.25, 0.3) is 10.8 Å². The highest BCUT2D eigenvalue weighted by atomic mass is 16.4. The summed E-state index contributed by atoms with van der Waals surface area (Å²) in [5.41, 5.74) is 3.45. The molecular weight excluding hydrogens is 442 g/mol. The molecule has 2 amide bonds. The Labute approximate surface area is 205 Å². The van der Waals surface area contributed by atoms with Gasteiger partial charge < -0.3 is 20.8 Å². The topological polar surface area (TPSA) is 111 Å². The fourth-order valence-electron chi connectivity index (χ4n) is 5.01. The van der Waals surface area contributed by atoms with E-state index in [0.29, 0.717) is 11.3 Å². The number of aliphatic hydroxyl groups excluding tert-OH is 1. The molecule has 1 aliphatic carbocycles. The average molecular weight is 476 g/mol. The van der Waals surface area contributed by atoms with Gasteiger partial charge in [0.25, 0.3) is 0 Å². The third-order valence-electron chi connectivity index (χ3n) is 6.91. The third kappa shape index (κ3) is 5.81. The van der Waals surface area contributed by atoms with Gasteiger partial charge in [-0.05, 0) is 66.6 Å². The molecule has 35 heavy (non-hydrogen) atoms. The van der Waals surface area contributed by atoms with Crippen LogP contribution in [0, 0.1) is 19.8 Å². The zero-order valence-electron chi connectivity index (χ0n) is 20.2. The molecule has 0 aliphatic heterocycles.